The standard InChI is InChI=1S/C19H11Cl2F2N3OS/c20-11-4-10(5-12(21)6-11)15-8-17-24-13(7-18(27)26(17)25-15)9-28-16-3-1-2-14(22)19(16)23/h1-8,25H,9H2. The summed E-state index contributed by atoms with van der Waals surface area (Å²) in [7, 11) is 0. The van der Waals surface area contributed by atoms with Crippen molar-refractivity contribution in [2.45, 2.75) is 10.6 Å². The van der Waals surface area contributed by atoms with Crippen molar-refractivity contribution in [1.82, 2.24) is 14.6 Å². The summed E-state index contributed by atoms with van der Waals surface area (Å²) in [6.07, 6.45) is 0. The third-order valence-corrected chi connectivity index (χ3v) is 5.47. The molecule has 1 N–H and O–H groups in total. The lowest BCUT2D eigenvalue weighted by molar-refractivity contribution is 0.491. The summed E-state index contributed by atoms with van der Waals surface area (Å²) in [4.78, 5) is 17.0. The van der Waals surface area contributed by atoms with Gasteiger partial charge in [-0.2, -0.15) is 0 Å². The van der Waals surface area contributed by atoms with Gasteiger partial charge in [-0.05, 0) is 30.3 Å². The maximum Gasteiger partial charge on any atom is 0.272 e. The first-order chi connectivity index (χ1) is 13.4. The Kier molecular flexibility index (Phi) is 5.14. The van der Waals surface area contributed by atoms with E-state index in [4.69, 9.17) is 23.2 Å². The lowest BCUT2D eigenvalue weighted by Crippen LogP contribution is -2.15. The van der Waals surface area contributed by atoms with Gasteiger partial charge in [-0.3, -0.25) is 9.89 Å². The third-order valence-electron chi connectivity index (χ3n) is 3.97. The van der Waals surface area contributed by atoms with E-state index in [-0.39, 0.29) is 16.2 Å². The van der Waals surface area contributed by atoms with Crippen LogP contribution in [0.4, 0.5) is 8.78 Å². The molecule has 4 nitrogen and oxygen atoms in total. The minimum Gasteiger partial charge on any atom is -0.289 e. The fourth-order valence-electron chi connectivity index (χ4n) is 2.72. The molecular weight excluding hydrogens is 427 g/mol. The third kappa shape index (κ3) is 3.78. The molecule has 0 unspecified atom stereocenters. The second-order valence-electron chi connectivity index (χ2n) is 5.95. The monoisotopic (exact) mass is 437 g/mol. The highest BCUT2D eigenvalue weighted by atomic mass is 35.5. The van der Waals surface area contributed by atoms with Crippen molar-refractivity contribution in [3.05, 3.63) is 86.3 Å². The molecule has 0 aliphatic heterocycles. The fraction of sp³-hybridized carbons (Fsp3) is 0.0526. The Hall–Kier alpha value is -2.35. The number of aromatic amines is 1. The van der Waals surface area contributed by atoms with Gasteiger partial charge in [-0.15, -0.1) is 11.8 Å². The predicted octanol–water partition coefficient (Wildman–Crippen LogP) is 5.57. The van der Waals surface area contributed by atoms with E-state index < -0.39 is 11.6 Å². The highest BCUT2D eigenvalue weighted by Gasteiger charge is 2.12. The molecule has 0 aliphatic rings. The molecule has 0 amide bonds. The molecule has 0 atom stereocenters. The molecule has 0 saturated heterocycles. The van der Waals surface area contributed by atoms with Gasteiger partial charge in [0.05, 0.1) is 11.4 Å². The van der Waals surface area contributed by atoms with Crippen LogP contribution in [-0.2, 0) is 5.75 Å². The van der Waals surface area contributed by atoms with Crippen molar-refractivity contribution in [1.29, 1.82) is 0 Å². The van der Waals surface area contributed by atoms with Crippen molar-refractivity contribution in [2.24, 2.45) is 0 Å². The Labute approximate surface area is 172 Å². The van der Waals surface area contributed by atoms with E-state index in [9.17, 15) is 13.6 Å². The normalized spacial score (nSPS) is 11.3. The molecule has 2 heterocycles. The number of benzene rings is 2. The smallest absolute Gasteiger partial charge is 0.272 e. The molecule has 0 spiro atoms. The Balaban J connectivity index is 1.66. The van der Waals surface area contributed by atoms with Crippen molar-refractivity contribution >= 4 is 40.6 Å². The van der Waals surface area contributed by atoms with Gasteiger partial charge in [0.2, 0.25) is 0 Å². The highest BCUT2D eigenvalue weighted by Crippen LogP contribution is 2.28. The zero-order valence-electron chi connectivity index (χ0n) is 14.0. The number of fused-ring (bicyclic) bond motifs is 1. The molecule has 9 heteroatoms. The molecule has 0 bridgehead atoms. The average molecular weight is 438 g/mol. The second-order valence-corrected chi connectivity index (χ2v) is 7.84. The van der Waals surface area contributed by atoms with Crippen molar-refractivity contribution in [3.63, 3.8) is 0 Å². The van der Waals surface area contributed by atoms with E-state index in [2.05, 4.69) is 10.1 Å². The molecule has 0 saturated carbocycles. The van der Waals surface area contributed by atoms with Crippen LogP contribution in [0.3, 0.4) is 0 Å². The molecule has 28 heavy (non-hydrogen) atoms. The molecule has 2 aromatic heterocycles. The lowest BCUT2D eigenvalue weighted by atomic mass is 10.1. The first-order valence-corrected chi connectivity index (χ1v) is 9.80. The molecule has 142 valence electrons. The van der Waals surface area contributed by atoms with E-state index >= 15 is 0 Å². The van der Waals surface area contributed by atoms with Gasteiger partial charge in [-0.1, -0.05) is 29.3 Å². The van der Waals surface area contributed by atoms with E-state index in [1.165, 1.54) is 22.7 Å². The number of thioether (sulfide) groups is 1. The summed E-state index contributed by atoms with van der Waals surface area (Å²) in [5.74, 6) is -1.61. The number of halogens is 4. The second kappa shape index (κ2) is 7.58. The maximum atomic E-state index is 13.8. The van der Waals surface area contributed by atoms with Crippen molar-refractivity contribution in [3.8, 4) is 11.3 Å². The number of hydrogen-bond acceptors (Lipinski definition) is 3. The number of hydrogen-bond donors (Lipinski definition) is 1. The molecule has 2 aromatic carbocycles. The summed E-state index contributed by atoms with van der Waals surface area (Å²) in [6.45, 7) is 0. The Morgan fingerprint density at radius 1 is 1.07 bits per heavy atom. The largest absolute Gasteiger partial charge is 0.289 e. The van der Waals surface area contributed by atoms with Crippen LogP contribution in [0.2, 0.25) is 10.0 Å². The summed E-state index contributed by atoms with van der Waals surface area (Å²) < 4.78 is 28.4. The number of aromatic nitrogens is 3. The van der Waals surface area contributed by atoms with Crippen LogP contribution in [0.1, 0.15) is 5.69 Å². The Morgan fingerprint density at radius 2 is 1.82 bits per heavy atom. The van der Waals surface area contributed by atoms with Gasteiger partial charge in [-0.25, -0.2) is 18.3 Å². The van der Waals surface area contributed by atoms with E-state index in [0.29, 0.717) is 32.6 Å². The number of nitrogens with one attached hydrogen (secondary N) is 1. The molecule has 4 rings (SSSR count). The van der Waals surface area contributed by atoms with Crippen LogP contribution in [0, 0.1) is 11.6 Å². The van der Waals surface area contributed by atoms with Crippen LogP contribution in [0.5, 0.6) is 0 Å². The lowest BCUT2D eigenvalue weighted by Gasteiger charge is -2.03. The van der Waals surface area contributed by atoms with Gasteiger partial charge >= 0.3 is 0 Å². The SMILES string of the molecule is O=c1cc(CSc2cccc(F)c2F)nc2cc(-c3cc(Cl)cc(Cl)c3)[nH]n12. The van der Waals surface area contributed by atoms with Crippen LogP contribution in [0.25, 0.3) is 16.9 Å². The fourth-order valence-corrected chi connectivity index (χ4v) is 4.10. The zero-order chi connectivity index (χ0) is 19.8. The molecular formula is C19H11Cl2F2N3OS. The first-order valence-electron chi connectivity index (χ1n) is 8.06. The molecule has 0 fully saturated rings. The highest BCUT2D eigenvalue weighted by molar-refractivity contribution is 7.98. The van der Waals surface area contributed by atoms with Crippen molar-refractivity contribution < 1.29 is 8.78 Å². The molecule has 0 radical (unpaired) electrons. The number of nitrogens with zero attached hydrogens (tertiary/aromatic N) is 2. The van der Waals surface area contributed by atoms with E-state index in [1.807, 2.05) is 0 Å². The van der Waals surface area contributed by atoms with Crippen molar-refractivity contribution in [2.75, 3.05) is 0 Å². The summed E-state index contributed by atoms with van der Waals surface area (Å²) >= 11 is 13.1. The Bertz CT molecular complexity index is 1240. The predicted molar refractivity (Wildman–Crippen MR) is 107 cm³/mol. The van der Waals surface area contributed by atoms with Gasteiger partial charge in [0, 0.05) is 38.4 Å². The van der Waals surface area contributed by atoms with Gasteiger partial charge in [0.15, 0.2) is 17.3 Å². The van der Waals surface area contributed by atoms with E-state index in [1.54, 1.807) is 24.3 Å². The summed E-state index contributed by atoms with van der Waals surface area (Å²) in [6, 6.07) is 12.1. The number of H-pyrrole nitrogens is 1. The Morgan fingerprint density at radius 3 is 2.57 bits per heavy atom. The van der Waals surface area contributed by atoms with Crippen LogP contribution in [-0.4, -0.2) is 14.6 Å². The van der Waals surface area contributed by atoms with Crippen LogP contribution in [0.15, 0.2) is 58.2 Å². The van der Waals surface area contributed by atoms with Crippen LogP contribution < -0.4 is 5.56 Å². The summed E-state index contributed by atoms with van der Waals surface area (Å²) in [5.41, 5.74) is 1.86. The minimum atomic E-state index is -0.913. The zero-order valence-corrected chi connectivity index (χ0v) is 16.4. The summed E-state index contributed by atoms with van der Waals surface area (Å²) in [5, 5.41) is 3.90. The average Bonchev–Trinajstić information content (AvgIpc) is 3.07. The topological polar surface area (TPSA) is 50.2 Å². The maximum absolute atomic E-state index is 13.8. The van der Waals surface area contributed by atoms with Crippen LogP contribution >= 0.6 is 35.0 Å². The van der Waals surface area contributed by atoms with Gasteiger partial charge in [0.25, 0.3) is 5.56 Å². The van der Waals surface area contributed by atoms with Gasteiger partial charge in [0.1, 0.15) is 0 Å². The van der Waals surface area contributed by atoms with E-state index in [0.717, 1.165) is 17.8 Å². The molecule has 4 aromatic rings. The quantitative estimate of drug-likeness (QED) is 0.424. The van der Waals surface area contributed by atoms with Gasteiger partial charge < -0.3 is 0 Å². The molecule has 0 aliphatic carbocycles. The number of rotatable bonds is 4. The minimum absolute atomic E-state index is 0.158. The first kappa shape index (κ1) is 19.0.